The number of hydrogen-bond donors (Lipinski definition) is 2. The molecule has 0 radical (unpaired) electrons. The van der Waals surface area contributed by atoms with Crippen LogP contribution in [0.15, 0.2) is 34.2 Å². The number of rotatable bonds is 5. The first kappa shape index (κ1) is 20.8. The van der Waals surface area contributed by atoms with Crippen molar-refractivity contribution in [1.29, 1.82) is 0 Å². The molecule has 0 spiro atoms. The van der Waals surface area contributed by atoms with Gasteiger partial charge in [-0.3, -0.25) is 19.4 Å². The zero-order valence-electron chi connectivity index (χ0n) is 16.5. The van der Waals surface area contributed by atoms with Gasteiger partial charge in [0.2, 0.25) is 5.91 Å². The van der Waals surface area contributed by atoms with Crippen LogP contribution >= 0.6 is 0 Å². The van der Waals surface area contributed by atoms with Gasteiger partial charge in [0.1, 0.15) is 5.84 Å². The molecule has 2 aliphatic rings. The number of carbonyl (C=O) groups is 1. The highest BCUT2D eigenvalue weighted by molar-refractivity contribution is 7.90. The molecule has 0 saturated carbocycles. The van der Waals surface area contributed by atoms with Crippen LogP contribution in [0.3, 0.4) is 0 Å². The van der Waals surface area contributed by atoms with E-state index in [1.165, 1.54) is 18.6 Å². The average molecular weight is 407 g/mol. The third-order valence-electron chi connectivity index (χ3n) is 5.34. The van der Waals surface area contributed by atoms with Crippen molar-refractivity contribution < 1.29 is 13.2 Å². The van der Waals surface area contributed by atoms with E-state index in [0.29, 0.717) is 37.1 Å². The molecule has 3 rings (SSSR count). The molecule has 1 aromatic carbocycles. The second kappa shape index (κ2) is 9.52. The molecule has 28 heavy (non-hydrogen) atoms. The molecular formula is C20H30N4O3S. The minimum atomic E-state index is -3.71. The van der Waals surface area contributed by atoms with Crippen LogP contribution in [0.2, 0.25) is 0 Å². The molecular weight excluding hydrogens is 376 g/mol. The molecule has 2 aliphatic heterocycles. The number of anilines is 1. The Morgan fingerprint density at radius 2 is 2.07 bits per heavy atom. The predicted molar refractivity (Wildman–Crippen MR) is 111 cm³/mol. The van der Waals surface area contributed by atoms with Gasteiger partial charge in [-0.1, -0.05) is 18.9 Å². The van der Waals surface area contributed by atoms with E-state index >= 15 is 0 Å². The zero-order chi connectivity index (χ0) is 20.0. The third kappa shape index (κ3) is 5.78. The smallest absolute Gasteiger partial charge is 0.262 e. The normalized spacial score (nSPS) is 21.5. The van der Waals surface area contributed by atoms with Crippen LogP contribution in [0.4, 0.5) is 5.69 Å². The van der Waals surface area contributed by atoms with Gasteiger partial charge in [-0.05, 0) is 57.4 Å². The summed E-state index contributed by atoms with van der Waals surface area (Å²) in [4.78, 5) is 19.0. The van der Waals surface area contributed by atoms with Gasteiger partial charge < -0.3 is 5.32 Å². The standard InChI is InChI=1S/C20H30N4O3S/c1-16-8-4-6-13-24(16)15-20(25)22-17-9-7-10-18(14-17)28(26,27)23-19-11-3-2-5-12-21-19/h7,9-10,14,16H,2-6,8,11-13,15H2,1H3,(H,21,23)(H,22,25). The number of nitrogens with one attached hydrogen (secondary N) is 2. The zero-order valence-corrected chi connectivity index (χ0v) is 17.3. The molecule has 1 unspecified atom stereocenters. The molecule has 2 N–H and O–H groups in total. The van der Waals surface area contributed by atoms with E-state index < -0.39 is 10.0 Å². The highest BCUT2D eigenvalue weighted by atomic mass is 32.2. The number of nitrogens with zero attached hydrogens (tertiary/aromatic N) is 2. The number of sulfonamides is 1. The first-order valence-corrected chi connectivity index (χ1v) is 11.6. The highest BCUT2D eigenvalue weighted by Gasteiger charge is 2.21. The van der Waals surface area contributed by atoms with Gasteiger partial charge in [-0.15, -0.1) is 0 Å². The number of likely N-dealkylation sites (tertiary alicyclic amines) is 1. The van der Waals surface area contributed by atoms with Crippen molar-refractivity contribution in [2.75, 3.05) is 25.0 Å². The second-order valence-electron chi connectivity index (χ2n) is 7.64. The number of benzene rings is 1. The lowest BCUT2D eigenvalue weighted by atomic mass is 10.0. The van der Waals surface area contributed by atoms with E-state index in [2.05, 4.69) is 26.9 Å². The van der Waals surface area contributed by atoms with Gasteiger partial charge in [0.05, 0.1) is 11.4 Å². The van der Waals surface area contributed by atoms with Gasteiger partial charge in [-0.25, -0.2) is 8.42 Å². The van der Waals surface area contributed by atoms with Crippen LogP contribution in [-0.2, 0) is 14.8 Å². The summed E-state index contributed by atoms with van der Waals surface area (Å²) in [6.07, 6.45) is 7.05. The van der Waals surface area contributed by atoms with Crippen molar-refractivity contribution in [1.82, 2.24) is 9.62 Å². The van der Waals surface area contributed by atoms with Crippen LogP contribution in [0.25, 0.3) is 0 Å². The van der Waals surface area contributed by atoms with Crippen LogP contribution in [0.5, 0.6) is 0 Å². The maximum Gasteiger partial charge on any atom is 0.262 e. The van der Waals surface area contributed by atoms with Gasteiger partial charge >= 0.3 is 0 Å². The van der Waals surface area contributed by atoms with E-state index in [0.717, 1.165) is 38.6 Å². The Balaban J connectivity index is 1.64. The number of amidine groups is 1. The predicted octanol–water partition coefficient (Wildman–Crippen LogP) is 2.75. The van der Waals surface area contributed by atoms with Gasteiger partial charge in [0.25, 0.3) is 10.0 Å². The van der Waals surface area contributed by atoms with E-state index in [1.54, 1.807) is 12.1 Å². The molecule has 1 atom stereocenters. The average Bonchev–Trinajstić information content (AvgIpc) is 2.92. The molecule has 0 bridgehead atoms. The fourth-order valence-electron chi connectivity index (χ4n) is 3.69. The van der Waals surface area contributed by atoms with Crippen molar-refractivity contribution >= 4 is 27.5 Å². The van der Waals surface area contributed by atoms with E-state index in [4.69, 9.17) is 0 Å². The molecule has 2 heterocycles. The monoisotopic (exact) mass is 406 g/mol. The van der Waals surface area contributed by atoms with E-state index in [-0.39, 0.29) is 10.8 Å². The number of piperidine rings is 1. The topological polar surface area (TPSA) is 90.9 Å². The third-order valence-corrected chi connectivity index (χ3v) is 6.72. The number of carbonyl (C=O) groups excluding carboxylic acids is 1. The first-order chi connectivity index (χ1) is 13.4. The minimum absolute atomic E-state index is 0.121. The Morgan fingerprint density at radius 3 is 2.89 bits per heavy atom. The maximum absolute atomic E-state index is 12.7. The van der Waals surface area contributed by atoms with Crippen molar-refractivity contribution in [2.24, 2.45) is 4.99 Å². The van der Waals surface area contributed by atoms with Crippen molar-refractivity contribution in [3.63, 3.8) is 0 Å². The quantitative estimate of drug-likeness (QED) is 0.787. The SMILES string of the molecule is CC1CCCCN1CC(=O)Nc1cccc(S(=O)(=O)NC2=NCCCCC2)c1. The van der Waals surface area contributed by atoms with Crippen molar-refractivity contribution in [2.45, 2.75) is 62.8 Å². The Labute approximate surface area is 167 Å². The Bertz CT molecular complexity index is 822. The lowest BCUT2D eigenvalue weighted by molar-refractivity contribution is -0.118. The fraction of sp³-hybridized carbons (Fsp3) is 0.600. The Hall–Kier alpha value is -1.93. The summed E-state index contributed by atoms with van der Waals surface area (Å²) in [6.45, 7) is 4.05. The number of amides is 1. The lowest BCUT2D eigenvalue weighted by Gasteiger charge is -2.32. The van der Waals surface area contributed by atoms with E-state index in [9.17, 15) is 13.2 Å². The van der Waals surface area contributed by atoms with Crippen LogP contribution in [0.1, 0.15) is 51.9 Å². The number of hydrogen-bond acceptors (Lipinski definition) is 5. The summed E-state index contributed by atoms with van der Waals surface area (Å²) in [5, 5.41) is 2.83. The highest BCUT2D eigenvalue weighted by Crippen LogP contribution is 2.18. The molecule has 8 heteroatoms. The fourth-order valence-corrected chi connectivity index (χ4v) is 4.82. The Kier molecular flexibility index (Phi) is 7.07. The molecule has 1 fully saturated rings. The van der Waals surface area contributed by atoms with Crippen molar-refractivity contribution in [3.05, 3.63) is 24.3 Å². The van der Waals surface area contributed by atoms with Crippen LogP contribution in [0, 0.1) is 0 Å². The molecule has 1 saturated heterocycles. The summed E-state index contributed by atoms with van der Waals surface area (Å²) in [5.41, 5.74) is 0.486. The lowest BCUT2D eigenvalue weighted by Crippen LogP contribution is -2.42. The summed E-state index contributed by atoms with van der Waals surface area (Å²) in [7, 11) is -3.71. The summed E-state index contributed by atoms with van der Waals surface area (Å²) >= 11 is 0. The molecule has 0 aromatic heterocycles. The van der Waals surface area contributed by atoms with Crippen molar-refractivity contribution in [3.8, 4) is 0 Å². The van der Waals surface area contributed by atoms with E-state index in [1.807, 2.05) is 0 Å². The van der Waals surface area contributed by atoms with Crippen LogP contribution in [-0.4, -0.2) is 50.7 Å². The van der Waals surface area contributed by atoms with Crippen LogP contribution < -0.4 is 10.0 Å². The van der Waals surface area contributed by atoms with Gasteiger partial charge in [0.15, 0.2) is 0 Å². The Morgan fingerprint density at radius 1 is 1.21 bits per heavy atom. The molecule has 1 amide bonds. The summed E-state index contributed by atoms with van der Waals surface area (Å²) in [6, 6.07) is 6.78. The number of aliphatic imine (C=N–C) groups is 1. The largest absolute Gasteiger partial charge is 0.325 e. The second-order valence-corrected chi connectivity index (χ2v) is 9.32. The van der Waals surface area contributed by atoms with Gasteiger partial charge in [0, 0.05) is 24.7 Å². The maximum atomic E-state index is 12.7. The summed E-state index contributed by atoms with van der Waals surface area (Å²) < 4.78 is 28.0. The molecule has 154 valence electrons. The van der Waals surface area contributed by atoms with Gasteiger partial charge in [-0.2, -0.15) is 0 Å². The minimum Gasteiger partial charge on any atom is -0.325 e. The molecule has 1 aromatic rings. The summed E-state index contributed by atoms with van der Waals surface area (Å²) in [5.74, 6) is 0.399. The first-order valence-electron chi connectivity index (χ1n) is 10.1. The molecule has 7 nitrogen and oxygen atoms in total. The molecule has 0 aliphatic carbocycles.